The molecule has 2 unspecified atom stereocenters. The largest absolute Gasteiger partial charge is 2.00 e. The molecule has 7 heteroatoms. The molecule has 2 atom stereocenters. The monoisotopic (exact) mass is 313 g/mol. The van der Waals surface area contributed by atoms with Crippen molar-refractivity contribution in [1.82, 2.24) is 0 Å². The fourth-order valence-electron chi connectivity index (χ4n) is 1.04. The third-order valence-electron chi connectivity index (χ3n) is 1.87. The Hall–Kier alpha value is -1.98. The van der Waals surface area contributed by atoms with E-state index in [0.29, 0.717) is 0 Å². The van der Waals surface area contributed by atoms with Crippen LogP contribution in [0.4, 0.5) is 0 Å². The van der Waals surface area contributed by atoms with Crippen LogP contribution in [-0.4, -0.2) is 24.1 Å². The molecule has 0 aromatic heterocycles. The molecular formula is C12H10CuO6. The van der Waals surface area contributed by atoms with Crippen LogP contribution in [0.5, 0.6) is 0 Å². The van der Waals surface area contributed by atoms with E-state index >= 15 is 0 Å². The smallest absolute Gasteiger partial charge is 0.546 e. The van der Waals surface area contributed by atoms with Crippen LogP contribution >= 0.6 is 0 Å². The summed E-state index contributed by atoms with van der Waals surface area (Å²) in [6, 6.07) is 0. The van der Waals surface area contributed by atoms with Crippen molar-refractivity contribution in [1.29, 1.82) is 0 Å². The molecule has 0 amide bonds. The van der Waals surface area contributed by atoms with Gasteiger partial charge in [-0.1, -0.05) is 12.2 Å². The molecule has 0 bridgehead atoms. The summed E-state index contributed by atoms with van der Waals surface area (Å²) in [4.78, 5) is 20.1. The molecule has 2 heterocycles. The summed E-state index contributed by atoms with van der Waals surface area (Å²) in [5.74, 6) is -2.42. The van der Waals surface area contributed by atoms with Crippen LogP contribution in [0.25, 0.3) is 0 Å². The third kappa shape index (κ3) is 6.49. The van der Waals surface area contributed by atoms with E-state index in [1.165, 1.54) is 24.7 Å². The Morgan fingerprint density at radius 3 is 1.32 bits per heavy atom. The number of carbonyl (C=O) groups is 2. The van der Waals surface area contributed by atoms with Crippen molar-refractivity contribution in [2.45, 2.75) is 12.2 Å². The van der Waals surface area contributed by atoms with Gasteiger partial charge in [0.15, 0.2) is 12.2 Å². The van der Waals surface area contributed by atoms with Gasteiger partial charge >= 0.3 is 17.1 Å². The zero-order valence-electron chi connectivity index (χ0n) is 9.52. The second-order valence-electron chi connectivity index (χ2n) is 3.18. The molecule has 0 aliphatic carbocycles. The standard InChI is InChI=1S/2C6H6O3.Cu/c2*7-6(8)5-3-1-2-4-9-5;/h2*1-5H,(H,7,8);/q;;+2/p-2. The number of carboxylic acid groups (broad SMARTS) is 2. The molecule has 0 aromatic rings. The number of hydrogen-bond donors (Lipinski definition) is 0. The SMILES string of the molecule is O=C([O-])C1C=CC=CO1.O=C([O-])C1C=CC=CO1.[Cu+2]. The zero-order chi connectivity index (χ0) is 13.4. The van der Waals surface area contributed by atoms with Crippen LogP contribution in [0.1, 0.15) is 0 Å². The van der Waals surface area contributed by atoms with Gasteiger partial charge in [-0.05, 0) is 24.3 Å². The fourth-order valence-corrected chi connectivity index (χ4v) is 1.04. The normalized spacial score (nSPS) is 22.1. The average Bonchev–Trinajstić information content (AvgIpc) is 2.41. The molecule has 2 aliphatic heterocycles. The summed E-state index contributed by atoms with van der Waals surface area (Å²) >= 11 is 0. The predicted molar refractivity (Wildman–Crippen MR) is 56.3 cm³/mol. The zero-order valence-corrected chi connectivity index (χ0v) is 10.5. The third-order valence-corrected chi connectivity index (χ3v) is 1.87. The second-order valence-corrected chi connectivity index (χ2v) is 3.18. The minimum atomic E-state index is -1.21. The number of ether oxygens (including phenoxy) is 2. The van der Waals surface area contributed by atoms with Crippen molar-refractivity contribution in [2.75, 3.05) is 0 Å². The Labute approximate surface area is 120 Å². The summed E-state index contributed by atoms with van der Waals surface area (Å²) in [5, 5.41) is 20.1. The van der Waals surface area contributed by atoms with Gasteiger partial charge in [0.05, 0.1) is 24.5 Å². The van der Waals surface area contributed by atoms with Crippen molar-refractivity contribution < 1.29 is 46.3 Å². The summed E-state index contributed by atoms with van der Waals surface area (Å²) in [5.41, 5.74) is 0. The van der Waals surface area contributed by atoms with E-state index < -0.39 is 24.1 Å². The molecule has 0 spiro atoms. The van der Waals surface area contributed by atoms with E-state index in [1.807, 2.05) is 0 Å². The van der Waals surface area contributed by atoms with Gasteiger partial charge < -0.3 is 29.3 Å². The predicted octanol–water partition coefficient (Wildman–Crippen LogP) is -1.59. The number of carbonyl (C=O) groups excluding carboxylic acids is 2. The van der Waals surface area contributed by atoms with Gasteiger partial charge in [-0.3, -0.25) is 0 Å². The average molecular weight is 314 g/mol. The fraction of sp³-hybridized carbons (Fsp3) is 0.167. The van der Waals surface area contributed by atoms with Crippen molar-refractivity contribution in [3.63, 3.8) is 0 Å². The van der Waals surface area contributed by atoms with Gasteiger partial charge in [0.1, 0.15) is 0 Å². The maximum atomic E-state index is 10.0. The minimum absolute atomic E-state index is 0. The number of carboxylic acids is 2. The van der Waals surface area contributed by atoms with Gasteiger partial charge in [0.2, 0.25) is 0 Å². The number of allylic oxidation sites excluding steroid dienone is 4. The van der Waals surface area contributed by atoms with Crippen LogP contribution in [0.3, 0.4) is 0 Å². The topological polar surface area (TPSA) is 98.7 Å². The molecule has 0 fully saturated rings. The van der Waals surface area contributed by atoms with Gasteiger partial charge in [0, 0.05) is 0 Å². The maximum Gasteiger partial charge on any atom is 2.00 e. The Balaban J connectivity index is 0.000000324. The molecule has 0 N–H and O–H groups in total. The van der Waals surface area contributed by atoms with Gasteiger partial charge in [0.25, 0.3) is 0 Å². The summed E-state index contributed by atoms with van der Waals surface area (Å²) in [7, 11) is 0. The van der Waals surface area contributed by atoms with Gasteiger partial charge in [-0.2, -0.15) is 0 Å². The number of hydrogen-bond acceptors (Lipinski definition) is 6. The van der Waals surface area contributed by atoms with Crippen molar-refractivity contribution in [3.8, 4) is 0 Å². The quantitative estimate of drug-likeness (QED) is 0.570. The molecule has 105 valence electrons. The Morgan fingerprint density at radius 1 is 0.789 bits per heavy atom. The molecule has 19 heavy (non-hydrogen) atoms. The molecule has 0 saturated heterocycles. The molecule has 2 aliphatic rings. The molecule has 6 nitrogen and oxygen atoms in total. The first-order valence-corrected chi connectivity index (χ1v) is 5.00. The van der Waals surface area contributed by atoms with Crippen LogP contribution in [0.15, 0.2) is 49.0 Å². The minimum Gasteiger partial charge on any atom is -0.546 e. The van der Waals surface area contributed by atoms with Gasteiger partial charge in [-0.15, -0.1) is 0 Å². The molecule has 0 aromatic carbocycles. The van der Waals surface area contributed by atoms with E-state index in [4.69, 9.17) is 0 Å². The Bertz CT molecular complexity index is 384. The molecule has 0 saturated carbocycles. The molecule has 2 rings (SSSR count). The van der Waals surface area contributed by atoms with Crippen molar-refractivity contribution in [3.05, 3.63) is 49.0 Å². The van der Waals surface area contributed by atoms with Crippen LogP contribution < -0.4 is 10.2 Å². The second kappa shape index (κ2) is 9.02. The van der Waals surface area contributed by atoms with Crippen LogP contribution in [0, 0.1) is 0 Å². The van der Waals surface area contributed by atoms with Crippen molar-refractivity contribution in [2.24, 2.45) is 0 Å². The van der Waals surface area contributed by atoms with Crippen molar-refractivity contribution >= 4 is 11.9 Å². The first-order chi connectivity index (χ1) is 8.61. The molecular weight excluding hydrogens is 304 g/mol. The summed E-state index contributed by atoms with van der Waals surface area (Å²) in [6.07, 6.45) is 10.1. The maximum absolute atomic E-state index is 10.0. The number of aliphatic carboxylic acids is 2. The van der Waals surface area contributed by atoms with E-state index in [0.717, 1.165) is 0 Å². The van der Waals surface area contributed by atoms with Crippen LogP contribution in [-0.2, 0) is 36.1 Å². The van der Waals surface area contributed by atoms with E-state index in [2.05, 4.69) is 9.47 Å². The van der Waals surface area contributed by atoms with Gasteiger partial charge in [-0.25, -0.2) is 0 Å². The first kappa shape index (κ1) is 17.0. The Kier molecular flexibility index (Phi) is 8.08. The van der Waals surface area contributed by atoms with E-state index in [9.17, 15) is 19.8 Å². The Morgan fingerprint density at radius 2 is 1.16 bits per heavy atom. The summed E-state index contributed by atoms with van der Waals surface area (Å²) < 4.78 is 9.22. The van der Waals surface area contributed by atoms with Crippen LogP contribution in [0.2, 0.25) is 0 Å². The summed E-state index contributed by atoms with van der Waals surface area (Å²) in [6.45, 7) is 0. The number of rotatable bonds is 2. The molecule has 1 radical (unpaired) electrons. The van der Waals surface area contributed by atoms with E-state index in [-0.39, 0.29) is 17.1 Å². The van der Waals surface area contributed by atoms with E-state index in [1.54, 1.807) is 24.3 Å². The first-order valence-electron chi connectivity index (χ1n) is 5.00.